The highest BCUT2D eigenvalue weighted by atomic mass is 19.4. The van der Waals surface area contributed by atoms with Crippen molar-refractivity contribution in [3.8, 4) is 23.6 Å². The maximum absolute atomic E-state index is 13.5. The van der Waals surface area contributed by atoms with E-state index in [9.17, 15) is 32.3 Å². The van der Waals surface area contributed by atoms with Gasteiger partial charge in [0.05, 0.1) is 18.2 Å². The monoisotopic (exact) mass is 558 g/mol. The number of hydrogen-bond donors (Lipinski definition) is 3. The van der Waals surface area contributed by atoms with Gasteiger partial charge in [-0.2, -0.15) is 13.2 Å². The molecule has 3 N–H and O–H groups in total. The van der Waals surface area contributed by atoms with Crippen molar-refractivity contribution in [3.05, 3.63) is 59.8 Å². The maximum Gasteiger partial charge on any atom is 0.417 e. The lowest BCUT2D eigenvalue weighted by Gasteiger charge is -2.31. The Morgan fingerprint density at radius 2 is 2.00 bits per heavy atom. The molecule has 1 aliphatic heterocycles. The quantitative estimate of drug-likeness (QED) is 0.178. The van der Waals surface area contributed by atoms with E-state index < -0.39 is 41.5 Å². The zero-order valence-electron chi connectivity index (χ0n) is 21.7. The van der Waals surface area contributed by atoms with E-state index in [0.717, 1.165) is 17.2 Å². The Balaban J connectivity index is 1.91. The molecule has 3 rings (SSSR count). The first kappa shape index (κ1) is 30.0. The molecule has 1 saturated heterocycles. The molecule has 9 nitrogen and oxygen atoms in total. The summed E-state index contributed by atoms with van der Waals surface area (Å²) in [6, 6.07) is 6.58. The number of rotatable bonds is 10. The molecule has 0 spiro atoms. The van der Waals surface area contributed by atoms with Crippen LogP contribution in [0.3, 0.4) is 0 Å². The maximum atomic E-state index is 13.5. The van der Waals surface area contributed by atoms with Gasteiger partial charge in [-0.05, 0) is 38.0 Å². The number of aromatic amines is 1. The molecule has 212 valence electrons. The van der Waals surface area contributed by atoms with Crippen molar-refractivity contribution in [2.45, 2.75) is 44.8 Å². The largest absolute Gasteiger partial charge is 0.463 e. The van der Waals surface area contributed by atoms with Crippen molar-refractivity contribution in [1.29, 1.82) is 0 Å². The number of H-pyrrole nitrogens is 1. The van der Waals surface area contributed by atoms with Crippen LogP contribution in [0, 0.1) is 18.3 Å². The summed E-state index contributed by atoms with van der Waals surface area (Å²) in [5, 5.41) is 3.70. The van der Waals surface area contributed by atoms with Crippen LogP contribution in [0.15, 0.2) is 48.6 Å². The van der Waals surface area contributed by atoms with E-state index in [1.807, 2.05) is 0 Å². The van der Waals surface area contributed by atoms with Crippen molar-refractivity contribution in [2.24, 2.45) is 5.92 Å². The highest BCUT2D eigenvalue weighted by Crippen LogP contribution is 2.36. The van der Waals surface area contributed by atoms with Crippen LogP contribution in [-0.2, 0) is 25.3 Å². The number of alkyl halides is 3. The van der Waals surface area contributed by atoms with E-state index in [4.69, 9.17) is 11.2 Å². The predicted molar refractivity (Wildman–Crippen MR) is 139 cm³/mol. The number of esters is 1. The van der Waals surface area contributed by atoms with Crippen molar-refractivity contribution in [3.63, 3.8) is 0 Å². The molecule has 1 fully saturated rings. The smallest absolute Gasteiger partial charge is 0.417 e. The number of nitrogens with zero attached hydrogens (tertiary/aromatic N) is 1. The van der Waals surface area contributed by atoms with E-state index in [0.29, 0.717) is 13.0 Å². The van der Waals surface area contributed by atoms with E-state index in [2.05, 4.69) is 21.6 Å². The average Bonchev–Trinajstić information content (AvgIpc) is 3.57. The van der Waals surface area contributed by atoms with Gasteiger partial charge in [0, 0.05) is 42.6 Å². The molecule has 2 atom stereocenters. The summed E-state index contributed by atoms with van der Waals surface area (Å²) in [4.78, 5) is 53.3. The van der Waals surface area contributed by atoms with Gasteiger partial charge in [-0.1, -0.05) is 24.3 Å². The van der Waals surface area contributed by atoms with E-state index in [-0.39, 0.29) is 48.7 Å². The van der Waals surface area contributed by atoms with Crippen molar-refractivity contribution in [2.75, 3.05) is 13.2 Å². The normalized spacial score (nSPS) is 15.8. The van der Waals surface area contributed by atoms with Crippen molar-refractivity contribution < 1.29 is 37.1 Å². The minimum absolute atomic E-state index is 0.0460. The second-order valence-electron chi connectivity index (χ2n) is 8.93. The number of ether oxygens (including phenoxy) is 1. The summed E-state index contributed by atoms with van der Waals surface area (Å²) >= 11 is 0. The first-order valence-corrected chi connectivity index (χ1v) is 12.6. The number of nitrogens with one attached hydrogen (secondary N) is 3. The fraction of sp³-hybridized carbons (Fsp3) is 0.357. The molecule has 1 aromatic heterocycles. The summed E-state index contributed by atoms with van der Waals surface area (Å²) in [6.07, 6.45) is 3.64. The summed E-state index contributed by atoms with van der Waals surface area (Å²) in [7, 11) is 0. The first-order chi connectivity index (χ1) is 19.0. The highest BCUT2D eigenvalue weighted by Gasteiger charge is 2.34. The Morgan fingerprint density at radius 1 is 1.25 bits per heavy atom. The topological polar surface area (TPSA) is 121 Å². The van der Waals surface area contributed by atoms with Gasteiger partial charge in [0.25, 0.3) is 5.91 Å². The number of hydrogen-bond acceptors (Lipinski definition) is 5. The molecule has 0 bridgehead atoms. The van der Waals surface area contributed by atoms with Gasteiger partial charge >= 0.3 is 12.1 Å². The number of benzene rings is 1. The summed E-state index contributed by atoms with van der Waals surface area (Å²) < 4.78 is 45.4. The number of amides is 3. The number of carbonyl (C=O) groups is 4. The van der Waals surface area contributed by atoms with Crippen molar-refractivity contribution >= 4 is 23.7 Å². The second kappa shape index (κ2) is 13.5. The Kier molecular flexibility index (Phi) is 10.1. The van der Waals surface area contributed by atoms with Crippen LogP contribution >= 0.6 is 0 Å². The van der Waals surface area contributed by atoms with Crippen LogP contribution in [-0.4, -0.2) is 52.9 Å². The molecule has 1 aliphatic rings. The standard InChI is InChI=1S/C28H29F3N4O5/c1-3-5-10-24(36)35(19(11-14-25(37)40-4-2)17-18-15-16-32-26(18)38)34-27(39)23-13-12-22(33-23)20-8-6-7-9-21(20)28(29,30)31/h1,6-9,11-14,18-19,33H,4-5,10,15-17H2,2H3,(H,32,38)(H,34,39)/t18-,19+/m0/s1. The highest BCUT2D eigenvalue weighted by molar-refractivity contribution is 5.95. The predicted octanol–water partition coefficient (Wildman–Crippen LogP) is 3.60. The Morgan fingerprint density at radius 3 is 2.65 bits per heavy atom. The lowest BCUT2D eigenvalue weighted by Crippen LogP contribution is -2.52. The zero-order chi connectivity index (χ0) is 29.3. The van der Waals surface area contributed by atoms with Gasteiger partial charge < -0.3 is 15.0 Å². The number of hydrazine groups is 1. The fourth-order valence-electron chi connectivity index (χ4n) is 4.26. The lowest BCUT2D eigenvalue weighted by atomic mass is 9.97. The van der Waals surface area contributed by atoms with Crippen LogP contribution in [0.25, 0.3) is 11.3 Å². The number of halogens is 3. The van der Waals surface area contributed by atoms with Crippen LogP contribution in [0.4, 0.5) is 13.2 Å². The number of aromatic nitrogens is 1. The van der Waals surface area contributed by atoms with Gasteiger partial charge in [-0.25, -0.2) is 9.80 Å². The molecule has 40 heavy (non-hydrogen) atoms. The van der Waals surface area contributed by atoms with Gasteiger partial charge in [0.2, 0.25) is 11.8 Å². The molecule has 2 aromatic rings. The molecule has 0 aliphatic carbocycles. The molecule has 1 aromatic carbocycles. The third-order valence-corrected chi connectivity index (χ3v) is 6.19. The molecule has 0 unspecified atom stereocenters. The third kappa shape index (κ3) is 7.75. The SMILES string of the molecule is C#CCCC(=O)N(NC(=O)c1ccc(-c2ccccc2C(F)(F)F)[nH]1)[C@H](C=CC(=O)OCC)C[C@@H]1CCNC1=O. The zero-order valence-corrected chi connectivity index (χ0v) is 21.7. The Labute approximate surface area is 229 Å². The molecular formula is C28H29F3N4O5. The lowest BCUT2D eigenvalue weighted by molar-refractivity contribution is -0.138. The second-order valence-corrected chi connectivity index (χ2v) is 8.93. The van der Waals surface area contributed by atoms with Crippen molar-refractivity contribution in [1.82, 2.24) is 20.7 Å². The molecule has 12 heteroatoms. The van der Waals surface area contributed by atoms with E-state index in [1.165, 1.54) is 36.4 Å². The minimum Gasteiger partial charge on any atom is -0.463 e. The third-order valence-electron chi connectivity index (χ3n) is 6.19. The van der Waals surface area contributed by atoms with E-state index in [1.54, 1.807) is 6.92 Å². The number of carbonyl (C=O) groups excluding carboxylic acids is 4. The van der Waals surface area contributed by atoms with Crippen LogP contribution < -0.4 is 10.7 Å². The average molecular weight is 559 g/mol. The van der Waals surface area contributed by atoms with Gasteiger partial charge in [-0.3, -0.25) is 19.8 Å². The van der Waals surface area contributed by atoms with Crippen LogP contribution in [0.2, 0.25) is 0 Å². The minimum atomic E-state index is -4.62. The molecular weight excluding hydrogens is 529 g/mol. The summed E-state index contributed by atoms with van der Waals surface area (Å²) in [5.41, 5.74) is 1.38. The van der Waals surface area contributed by atoms with Gasteiger partial charge in [0.1, 0.15) is 5.69 Å². The Bertz CT molecular complexity index is 1310. The molecule has 2 heterocycles. The summed E-state index contributed by atoms with van der Waals surface area (Å²) in [6.45, 7) is 2.19. The van der Waals surface area contributed by atoms with E-state index >= 15 is 0 Å². The van der Waals surface area contributed by atoms with Gasteiger partial charge in [0.15, 0.2) is 0 Å². The Hall–Kier alpha value is -4.53. The molecule has 3 amide bonds. The first-order valence-electron chi connectivity index (χ1n) is 12.6. The molecule has 0 saturated carbocycles. The van der Waals surface area contributed by atoms with Crippen LogP contribution in [0.1, 0.15) is 48.7 Å². The summed E-state index contributed by atoms with van der Waals surface area (Å²) in [5.74, 6) is -0.459. The number of terminal acetylenes is 1. The fourth-order valence-corrected chi connectivity index (χ4v) is 4.26. The van der Waals surface area contributed by atoms with Gasteiger partial charge in [-0.15, -0.1) is 12.3 Å². The molecule has 0 radical (unpaired) electrons. The van der Waals surface area contributed by atoms with Crippen LogP contribution in [0.5, 0.6) is 0 Å².